The molecule has 5 fully saturated rings. The Morgan fingerprint density at radius 3 is 2.19 bits per heavy atom. The van der Waals surface area contributed by atoms with Crippen LogP contribution < -0.4 is 10.1 Å². The number of carbonyl (C=O) groups excluding carboxylic acids is 2. The van der Waals surface area contributed by atoms with Gasteiger partial charge in [0.2, 0.25) is 5.91 Å². The zero-order valence-corrected chi connectivity index (χ0v) is 19.9. The van der Waals surface area contributed by atoms with Crippen LogP contribution in [0.15, 0.2) is 24.3 Å². The molecule has 1 aromatic carbocycles. The number of likely N-dealkylation sites (tertiary alicyclic amines) is 1. The molecule has 4 bridgehead atoms. The van der Waals surface area contributed by atoms with E-state index in [1.54, 1.807) is 0 Å². The number of nitrogens with zero attached hydrogens (tertiary/aromatic N) is 1. The lowest BCUT2D eigenvalue weighted by Gasteiger charge is -2.64. The molecule has 1 heterocycles. The van der Waals surface area contributed by atoms with Crippen LogP contribution in [-0.2, 0) is 4.79 Å². The second-order valence-electron chi connectivity index (χ2n) is 11.9. The number of rotatable bonds is 5. The quantitative estimate of drug-likeness (QED) is 0.718. The van der Waals surface area contributed by atoms with Gasteiger partial charge in [0, 0.05) is 24.7 Å². The van der Waals surface area contributed by atoms with Gasteiger partial charge in [0.05, 0.1) is 12.0 Å². The van der Waals surface area contributed by atoms with Gasteiger partial charge in [-0.1, -0.05) is 13.8 Å². The minimum Gasteiger partial charge on any atom is -0.494 e. The maximum Gasteiger partial charge on any atom is 0.253 e. The van der Waals surface area contributed by atoms with Crippen LogP contribution in [0.3, 0.4) is 0 Å². The van der Waals surface area contributed by atoms with Crippen molar-refractivity contribution < 1.29 is 14.3 Å². The summed E-state index contributed by atoms with van der Waals surface area (Å²) in [5.41, 5.74) is 1.24. The highest BCUT2D eigenvalue weighted by molar-refractivity contribution is 5.94. The maximum absolute atomic E-state index is 13.6. The molecule has 1 aliphatic heterocycles. The number of nitrogens with one attached hydrogen (secondary N) is 1. The van der Waals surface area contributed by atoms with Crippen LogP contribution in [0.5, 0.6) is 5.75 Å². The smallest absolute Gasteiger partial charge is 0.253 e. The number of carbonyl (C=O) groups is 2. The SMILES string of the molecule is CCOc1ccc(C(=O)N2CCC(NC(=O)C34CC5CC(C)(CC(C)(C5)C3)C4)CC2)cc1. The first kappa shape index (κ1) is 21.8. The predicted molar refractivity (Wildman–Crippen MR) is 125 cm³/mol. The minimum absolute atomic E-state index is 0.0692. The van der Waals surface area contributed by atoms with Crippen LogP contribution >= 0.6 is 0 Å². The van der Waals surface area contributed by atoms with Crippen molar-refractivity contribution in [1.82, 2.24) is 10.2 Å². The summed E-state index contributed by atoms with van der Waals surface area (Å²) in [6.45, 7) is 8.80. The molecule has 0 spiro atoms. The molecule has 0 radical (unpaired) electrons. The van der Waals surface area contributed by atoms with E-state index in [1.807, 2.05) is 36.1 Å². The van der Waals surface area contributed by atoms with Gasteiger partial charge in [-0.3, -0.25) is 9.59 Å². The van der Waals surface area contributed by atoms with Gasteiger partial charge in [-0.2, -0.15) is 0 Å². The lowest BCUT2D eigenvalue weighted by Crippen LogP contribution is -2.61. The van der Waals surface area contributed by atoms with E-state index in [2.05, 4.69) is 19.2 Å². The molecule has 1 N–H and O–H groups in total. The lowest BCUT2D eigenvalue weighted by molar-refractivity contribution is -0.171. The number of benzene rings is 1. The Labute approximate surface area is 192 Å². The molecule has 0 aromatic heterocycles. The second-order valence-corrected chi connectivity index (χ2v) is 11.9. The molecule has 5 aliphatic rings. The van der Waals surface area contributed by atoms with Crippen LogP contribution in [0.1, 0.15) is 82.5 Å². The highest BCUT2D eigenvalue weighted by Crippen LogP contribution is 2.69. The zero-order chi connectivity index (χ0) is 22.6. The second kappa shape index (κ2) is 7.78. The zero-order valence-electron chi connectivity index (χ0n) is 19.9. The number of hydrogen-bond acceptors (Lipinski definition) is 3. The van der Waals surface area contributed by atoms with Gasteiger partial charge in [-0.05, 0) is 99.3 Å². The number of piperidine rings is 1. The Hall–Kier alpha value is -2.04. The molecule has 1 aromatic rings. The summed E-state index contributed by atoms with van der Waals surface area (Å²) in [4.78, 5) is 28.4. The Bertz CT molecular complexity index is 869. The minimum atomic E-state index is -0.155. The summed E-state index contributed by atoms with van der Waals surface area (Å²) in [7, 11) is 0. The summed E-state index contributed by atoms with van der Waals surface area (Å²) in [5.74, 6) is 1.88. The molecule has 2 unspecified atom stereocenters. The Morgan fingerprint density at radius 2 is 1.62 bits per heavy atom. The van der Waals surface area contributed by atoms with E-state index in [9.17, 15) is 9.59 Å². The van der Waals surface area contributed by atoms with Crippen LogP contribution in [-0.4, -0.2) is 42.5 Å². The number of amides is 2. The van der Waals surface area contributed by atoms with Crippen molar-refractivity contribution in [3.8, 4) is 5.75 Å². The molecule has 4 aliphatic carbocycles. The van der Waals surface area contributed by atoms with E-state index in [0.717, 1.165) is 43.8 Å². The van der Waals surface area contributed by atoms with Crippen LogP contribution in [0.4, 0.5) is 0 Å². The van der Waals surface area contributed by atoms with Gasteiger partial charge >= 0.3 is 0 Å². The molecule has 1 saturated heterocycles. The number of hydrogen-bond donors (Lipinski definition) is 1. The van der Waals surface area contributed by atoms with Crippen molar-refractivity contribution in [1.29, 1.82) is 0 Å². The van der Waals surface area contributed by atoms with Crippen molar-refractivity contribution in [2.75, 3.05) is 19.7 Å². The third-order valence-electron chi connectivity index (χ3n) is 8.64. The summed E-state index contributed by atoms with van der Waals surface area (Å²) < 4.78 is 5.47. The fourth-order valence-electron chi connectivity index (χ4n) is 8.31. The van der Waals surface area contributed by atoms with Crippen molar-refractivity contribution in [3.63, 3.8) is 0 Å². The van der Waals surface area contributed by atoms with Gasteiger partial charge < -0.3 is 15.0 Å². The van der Waals surface area contributed by atoms with Crippen LogP contribution in [0.25, 0.3) is 0 Å². The maximum atomic E-state index is 13.6. The van der Waals surface area contributed by atoms with E-state index in [4.69, 9.17) is 4.74 Å². The average molecular weight is 439 g/mol. The summed E-state index contributed by atoms with van der Waals surface area (Å²) in [6.07, 6.45) is 8.79. The molecule has 4 saturated carbocycles. The van der Waals surface area contributed by atoms with Crippen molar-refractivity contribution in [2.45, 2.75) is 78.2 Å². The van der Waals surface area contributed by atoms with Crippen LogP contribution in [0.2, 0.25) is 0 Å². The van der Waals surface area contributed by atoms with Gasteiger partial charge in [-0.25, -0.2) is 0 Å². The first-order valence-electron chi connectivity index (χ1n) is 12.5. The van der Waals surface area contributed by atoms with E-state index in [0.29, 0.717) is 42.0 Å². The Morgan fingerprint density at radius 1 is 1.00 bits per heavy atom. The van der Waals surface area contributed by atoms with Gasteiger partial charge in [0.15, 0.2) is 0 Å². The topological polar surface area (TPSA) is 58.6 Å². The van der Waals surface area contributed by atoms with Crippen molar-refractivity contribution in [3.05, 3.63) is 29.8 Å². The first-order valence-corrected chi connectivity index (χ1v) is 12.5. The fourth-order valence-corrected chi connectivity index (χ4v) is 8.31. The van der Waals surface area contributed by atoms with Crippen molar-refractivity contribution in [2.24, 2.45) is 22.2 Å². The average Bonchev–Trinajstić information content (AvgIpc) is 2.72. The standard InChI is InChI=1S/C27H38N2O3/c1-4-32-22-7-5-20(6-8-22)23(30)29-11-9-21(10-12-29)28-24(31)27-15-19-13-25(2,17-27)16-26(3,14-19)18-27/h5-8,19,21H,4,9-18H2,1-3H3,(H,28,31). The molecule has 2 atom stereocenters. The molecule has 5 heteroatoms. The lowest BCUT2D eigenvalue weighted by atomic mass is 9.40. The first-order chi connectivity index (χ1) is 15.2. The van der Waals surface area contributed by atoms with E-state index >= 15 is 0 Å². The molecular formula is C27H38N2O3. The normalized spacial score (nSPS) is 36.2. The molecule has 6 rings (SSSR count). The third-order valence-corrected chi connectivity index (χ3v) is 8.64. The number of ether oxygens (including phenoxy) is 1. The highest BCUT2D eigenvalue weighted by atomic mass is 16.5. The fraction of sp³-hybridized carbons (Fsp3) is 0.704. The largest absolute Gasteiger partial charge is 0.494 e. The van der Waals surface area contributed by atoms with Gasteiger partial charge in [0.25, 0.3) is 5.91 Å². The van der Waals surface area contributed by atoms with E-state index in [-0.39, 0.29) is 17.4 Å². The molecule has 2 amide bonds. The monoisotopic (exact) mass is 438 g/mol. The van der Waals surface area contributed by atoms with E-state index < -0.39 is 0 Å². The Kier molecular flexibility index (Phi) is 5.29. The van der Waals surface area contributed by atoms with E-state index in [1.165, 1.54) is 19.3 Å². The summed E-state index contributed by atoms with van der Waals surface area (Å²) >= 11 is 0. The summed E-state index contributed by atoms with van der Waals surface area (Å²) in [5, 5.41) is 3.44. The Balaban J connectivity index is 1.18. The van der Waals surface area contributed by atoms with Crippen LogP contribution in [0, 0.1) is 22.2 Å². The molecule has 5 nitrogen and oxygen atoms in total. The predicted octanol–water partition coefficient (Wildman–Crippen LogP) is 4.80. The highest BCUT2D eigenvalue weighted by Gasteiger charge is 2.62. The molecular weight excluding hydrogens is 400 g/mol. The van der Waals surface area contributed by atoms with Gasteiger partial charge in [-0.15, -0.1) is 0 Å². The third kappa shape index (κ3) is 3.92. The molecule has 174 valence electrons. The molecule has 32 heavy (non-hydrogen) atoms. The summed E-state index contributed by atoms with van der Waals surface area (Å²) in [6, 6.07) is 7.58. The van der Waals surface area contributed by atoms with Crippen molar-refractivity contribution >= 4 is 11.8 Å². The van der Waals surface area contributed by atoms with Gasteiger partial charge in [0.1, 0.15) is 5.75 Å².